The summed E-state index contributed by atoms with van der Waals surface area (Å²) in [7, 11) is 0. The Kier molecular flexibility index (Phi) is 3.12. The molecular weight excluding hydrogens is 190 g/mol. The van der Waals surface area contributed by atoms with Gasteiger partial charge >= 0.3 is 0 Å². The largest absolute Gasteiger partial charge is 0.464 e. The molecule has 4 heteroatoms. The smallest absolute Gasteiger partial charge is 0.217 e. The predicted octanol–water partition coefficient (Wildman–Crippen LogP) is 2.96. The first kappa shape index (κ1) is 9.99. The van der Waals surface area contributed by atoms with Crippen molar-refractivity contribution in [1.82, 2.24) is 0 Å². The molecule has 0 aromatic heterocycles. The van der Waals surface area contributed by atoms with E-state index in [1.54, 1.807) is 0 Å². The molecular formula is C8H13NOS2. The van der Waals surface area contributed by atoms with Crippen LogP contribution in [0.2, 0.25) is 0 Å². The van der Waals surface area contributed by atoms with Crippen LogP contribution in [0.15, 0.2) is 0 Å². The van der Waals surface area contributed by atoms with Gasteiger partial charge in [-0.15, -0.1) is 0 Å². The van der Waals surface area contributed by atoms with Gasteiger partial charge in [-0.05, 0) is 32.0 Å². The monoisotopic (exact) mass is 203 g/mol. The highest BCUT2D eigenvalue weighted by Crippen LogP contribution is 2.39. The van der Waals surface area contributed by atoms with Crippen LogP contribution < -0.4 is 0 Å². The number of hydrogen-bond donors (Lipinski definition) is 1. The Hall–Kier alpha value is -0.0900. The zero-order chi connectivity index (χ0) is 9.19. The lowest BCUT2D eigenvalue weighted by Crippen LogP contribution is -2.19. The van der Waals surface area contributed by atoms with Crippen molar-refractivity contribution in [3.8, 4) is 0 Å². The maximum atomic E-state index is 7.44. The molecule has 12 heavy (non-hydrogen) atoms. The van der Waals surface area contributed by atoms with E-state index < -0.39 is 0 Å². The highest BCUT2D eigenvalue weighted by molar-refractivity contribution is 8.18. The van der Waals surface area contributed by atoms with Crippen LogP contribution in [0.1, 0.15) is 33.1 Å². The summed E-state index contributed by atoms with van der Waals surface area (Å²) in [6, 6.07) is 0. The van der Waals surface area contributed by atoms with Gasteiger partial charge in [0, 0.05) is 0 Å². The van der Waals surface area contributed by atoms with Gasteiger partial charge < -0.3 is 4.74 Å². The van der Waals surface area contributed by atoms with E-state index in [1.165, 1.54) is 11.8 Å². The molecule has 1 saturated heterocycles. The quantitative estimate of drug-likeness (QED) is 0.716. The summed E-state index contributed by atoms with van der Waals surface area (Å²) in [6.45, 7) is 4.15. The Labute approximate surface area is 82.6 Å². The minimum atomic E-state index is -0.260. The van der Waals surface area contributed by atoms with E-state index in [2.05, 4.69) is 6.92 Å². The summed E-state index contributed by atoms with van der Waals surface area (Å²) < 4.78 is 5.43. The number of rotatable bonds is 3. The normalized spacial score (nSPS) is 29.2. The zero-order valence-corrected chi connectivity index (χ0v) is 8.98. The van der Waals surface area contributed by atoms with Crippen molar-refractivity contribution in [3.63, 3.8) is 0 Å². The van der Waals surface area contributed by atoms with Crippen LogP contribution >= 0.6 is 24.0 Å². The minimum Gasteiger partial charge on any atom is -0.464 e. The molecule has 1 heterocycles. The Morgan fingerprint density at radius 1 is 1.67 bits per heavy atom. The predicted molar refractivity (Wildman–Crippen MR) is 56.9 cm³/mol. The van der Waals surface area contributed by atoms with Gasteiger partial charge in [-0.1, -0.05) is 25.1 Å². The molecule has 0 aromatic carbocycles. The Morgan fingerprint density at radius 3 is 2.75 bits per heavy atom. The third-order valence-corrected chi connectivity index (χ3v) is 3.32. The first-order valence-electron chi connectivity index (χ1n) is 4.08. The zero-order valence-electron chi connectivity index (χ0n) is 7.35. The summed E-state index contributed by atoms with van der Waals surface area (Å²) in [5, 5.41) is 8.21. The second-order valence-electron chi connectivity index (χ2n) is 3.06. The summed E-state index contributed by atoms with van der Waals surface area (Å²) in [5.74, 6) is 0. The van der Waals surface area contributed by atoms with Gasteiger partial charge in [0.15, 0.2) is 4.93 Å². The maximum Gasteiger partial charge on any atom is 0.217 e. The molecule has 2 nitrogen and oxygen atoms in total. The summed E-state index contributed by atoms with van der Waals surface area (Å²) in [6.07, 6.45) is 3.25. The average molecular weight is 203 g/mol. The van der Waals surface area contributed by atoms with E-state index in [9.17, 15) is 0 Å². The van der Waals surface area contributed by atoms with Gasteiger partial charge in [0.1, 0.15) is 5.04 Å². The lowest BCUT2D eigenvalue weighted by Gasteiger charge is -2.20. The van der Waals surface area contributed by atoms with Crippen molar-refractivity contribution in [2.75, 3.05) is 0 Å². The molecule has 0 saturated carbocycles. The molecule has 0 amide bonds. The van der Waals surface area contributed by atoms with Crippen molar-refractivity contribution in [1.29, 1.82) is 5.41 Å². The fourth-order valence-corrected chi connectivity index (χ4v) is 2.41. The minimum absolute atomic E-state index is 0.260. The lowest BCUT2D eigenvalue weighted by molar-refractivity contribution is 0.174. The van der Waals surface area contributed by atoms with Gasteiger partial charge in [-0.3, -0.25) is 5.41 Å². The second kappa shape index (κ2) is 3.75. The molecule has 1 unspecified atom stereocenters. The molecule has 1 atom stereocenters. The van der Waals surface area contributed by atoms with Crippen LogP contribution in [0.5, 0.6) is 0 Å². The SMILES string of the molecule is CCCCC1(C)OC(=S)C(=N)S1. The van der Waals surface area contributed by atoms with E-state index in [0.717, 1.165) is 19.3 Å². The molecule has 0 radical (unpaired) electrons. The van der Waals surface area contributed by atoms with Crippen LogP contribution in [-0.2, 0) is 4.74 Å². The van der Waals surface area contributed by atoms with Gasteiger partial charge in [0.05, 0.1) is 0 Å². The van der Waals surface area contributed by atoms with Crippen molar-refractivity contribution in [2.24, 2.45) is 0 Å². The molecule has 0 bridgehead atoms. The van der Waals surface area contributed by atoms with Crippen LogP contribution in [0.4, 0.5) is 0 Å². The number of thioether (sulfide) groups is 1. The number of hydrogen-bond acceptors (Lipinski definition) is 4. The van der Waals surface area contributed by atoms with E-state index in [1.807, 2.05) is 6.92 Å². The van der Waals surface area contributed by atoms with Crippen LogP contribution in [0.25, 0.3) is 0 Å². The van der Waals surface area contributed by atoms with Crippen molar-refractivity contribution < 1.29 is 4.74 Å². The maximum absolute atomic E-state index is 7.44. The molecule has 0 spiro atoms. The van der Waals surface area contributed by atoms with Crippen LogP contribution in [-0.4, -0.2) is 15.0 Å². The fourth-order valence-electron chi connectivity index (χ4n) is 1.12. The molecule has 68 valence electrons. The number of unbranched alkanes of at least 4 members (excludes halogenated alkanes) is 1. The number of thiocarbonyl (C=S) groups is 1. The molecule has 0 aliphatic carbocycles. The Morgan fingerprint density at radius 2 is 2.33 bits per heavy atom. The molecule has 1 aliphatic heterocycles. The Bertz CT molecular complexity index is 199. The summed E-state index contributed by atoms with van der Waals surface area (Å²) >= 11 is 6.31. The molecule has 1 rings (SSSR count). The standard InChI is InChI=1S/C8H13NOS2/c1-3-4-5-8(2)10-7(11)6(9)12-8/h9H,3-5H2,1-2H3. The first-order chi connectivity index (χ1) is 5.57. The molecule has 1 aliphatic rings. The van der Waals surface area contributed by atoms with Gasteiger partial charge in [0.2, 0.25) is 5.05 Å². The van der Waals surface area contributed by atoms with E-state index in [-0.39, 0.29) is 4.93 Å². The highest BCUT2D eigenvalue weighted by atomic mass is 32.2. The van der Waals surface area contributed by atoms with Gasteiger partial charge in [-0.25, -0.2) is 0 Å². The fraction of sp³-hybridized carbons (Fsp3) is 0.750. The lowest BCUT2D eigenvalue weighted by atomic mass is 10.2. The van der Waals surface area contributed by atoms with Crippen LogP contribution in [0.3, 0.4) is 0 Å². The van der Waals surface area contributed by atoms with Crippen molar-refractivity contribution in [2.45, 2.75) is 38.0 Å². The van der Waals surface area contributed by atoms with Gasteiger partial charge in [0.25, 0.3) is 0 Å². The first-order valence-corrected chi connectivity index (χ1v) is 5.31. The second-order valence-corrected chi connectivity index (χ2v) is 4.90. The van der Waals surface area contributed by atoms with E-state index >= 15 is 0 Å². The Balaban J connectivity index is 2.51. The number of ether oxygens (including phenoxy) is 1. The average Bonchev–Trinajstić information content (AvgIpc) is 2.24. The molecule has 0 aromatic rings. The topological polar surface area (TPSA) is 33.1 Å². The van der Waals surface area contributed by atoms with Crippen LogP contribution in [0, 0.1) is 5.41 Å². The van der Waals surface area contributed by atoms with E-state index in [4.69, 9.17) is 22.4 Å². The molecule has 1 fully saturated rings. The third kappa shape index (κ3) is 2.20. The number of nitrogens with one attached hydrogen (secondary N) is 1. The van der Waals surface area contributed by atoms with E-state index in [0.29, 0.717) is 10.1 Å². The van der Waals surface area contributed by atoms with Gasteiger partial charge in [-0.2, -0.15) is 0 Å². The summed E-state index contributed by atoms with van der Waals surface area (Å²) in [5.41, 5.74) is 0. The van der Waals surface area contributed by atoms with Crippen molar-refractivity contribution in [3.05, 3.63) is 0 Å². The summed E-state index contributed by atoms with van der Waals surface area (Å²) in [4.78, 5) is -0.260. The third-order valence-electron chi connectivity index (χ3n) is 1.80. The highest BCUT2D eigenvalue weighted by Gasteiger charge is 2.37. The van der Waals surface area contributed by atoms with Crippen molar-refractivity contribution >= 4 is 34.1 Å². The molecule has 1 N–H and O–H groups in total.